The summed E-state index contributed by atoms with van der Waals surface area (Å²) in [6, 6.07) is 6.18. The molecular weight excluding hydrogens is 232 g/mol. The average molecular weight is 250 g/mol. The van der Waals surface area contributed by atoms with Gasteiger partial charge in [-0.3, -0.25) is 4.90 Å². The predicted octanol–water partition coefficient (Wildman–Crippen LogP) is 2.86. The monoisotopic (exact) mass is 250 g/mol. The Morgan fingerprint density at radius 2 is 2.29 bits per heavy atom. The fourth-order valence-corrected chi connectivity index (χ4v) is 2.77. The molecule has 2 N–H and O–H groups in total. The summed E-state index contributed by atoms with van der Waals surface area (Å²) in [5.74, 6) is 0.928. The highest BCUT2D eigenvalue weighted by molar-refractivity contribution is 7.07. The molecule has 17 heavy (non-hydrogen) atoms. The summed E-state index contributed by atoms with van der Waals surface area (Å²) in [5, 5.41) is 4.26. The molecule has 0 bridgehead atoms. The molecule has 2 unspecified atom stereocenters. The lowest BCUT2D eigenvalue weighted by Crippen LogP contribution is -2.36. The van der Waals surface area contributed by atoms with E-state index in [-0.39, 0.29) is 12.1 Å². The molecule has 0 fully saturated rings. The third-order valence-electron chi connectivity index (χ3n) is 2.82. The quantitative estimate of drug-likeness (QED) is 0.887. The van der Waals surface area contributed by atoms with E-state index in [4.69, 9.17) is 10.2 Å². The molecule has 2 rings (SSSR count). The van der Waals surface area contributed by atoms with Crippen LogP contribution < -0.4 is 5.73 Å². The van der Waals surface area contributed by atoms with Gasteiger partial charge in [-0.05, 0) is 48.5 Å². The Balaban J connectivity index is 2.11. The molecule has 2 heterocycles. The van der Waals surface area contributed by atoms with Crippen molar-refractivity contribution >= 4 is 11.3 Å². The van der Waals surface area contributed by atoms with E-state index in [1.165, 1.54) is 5.56 Å². The van der Waals surface area contributed by atoms with Gasteiger partial charge in [0.05, 0.1) is 12.3 Å². The normalized spacial score (nSPS) is 15.1. The van der Waals surface area contributed by atoms with Gasteiger partial charge in [-0.2, -0.15) is 11.3 Å². The summed E-state index contributed by atoms with van der Waals surface area (Å²) in [7, 11) is 2.08. The fourth-order valence-electron chi connectivity index (χ4n) is 2.11. The SMILES string of the molecule is CC(N)C(c1ccco1)N(C)Cc1ccsc1. The maximum atomic E-state index is 6.06. The molecule has 0 amide bonds. The van der Waals surface area contributed by atoms with Gasteiger partial charge >= 0.3 is 0 Å². The summed E-state index contributed by atoms with van der Waals surface area (Å²) in [5.41, 5.74) is 7.37. The number of thiophene rings is 1. The molecule has 0 aromatic carbocycles. The largest absolute Gasteiger partial charge is 0.468 e. The number of nitrogens with zero attached hydrogens (tertiary/aromatic N) is 1. The zero-order valence-electron chi connectivity index (χ0n) is 10.2. The number of nitrogens with two attached hydrogens (primary N) is 1. The van der Waals surface area contributed by atoms with Crippen LogP contribution in [-0.4, -0.2) is 18.0 Å². The first-order valence-electron chi connectivity index (χ1n) is 5.69. The average Bonchev–Trinajstić information content (AvgIpc) is 2.89. The third-order valence-corrected chi connectivity index (χ3v) is 3.55. The molecule has 2 atom stereocenters. The highest BCUT2D eigenvalue weighted by atomic mass is 32.1. The number of rotatable bonds is 5. The van der Waals surface area contributed by atoms with Gasteiger partial charge in [-0.1, -0.05) is 0 Å². The Kier molecular flexibility index (Phi) is 3.99. The van der Waals surface area contributed by atoms with Gasteiger partial charge in [-0.15, -0.1) is 0 Å². The summed E-state index contributed by atoms with van der Waals surface area (Å²) < 4.78 is 5.48. The van der Waals surface area contributed by atoms with Crippen molar-refractivity contribution in [3.05, 3.63) is 46.5 Å². The summed E-state index contributed by atoms with van der Waals surface area (Å²) in [4.78, 5) is 2.23. The molecule has 3 nitrogen and oxygen atoms in total. The topological polar surface area (TPSA) is 42.4 Å². The first-order valence-corrected chi connectivity index (χ1v) is 6.63. The Morgan fingerprint density at radius 3 is 2.82 bits per heavy atom. The van der Waals surface area contributed by atoms with Gasteiger partial charge in [0.1, 0.15) is 5.76 Å². The number of likely N-dealkylation sites (N-methyl/N-ethyl adjacent to an activating group) is 1. The fraction of sp³-hybridized carbons (Fsp3) is 0.385. The van der Waals surface area contributed by atoms with E-state index >= 15 is 0 Å². The van der Waals surface area contributed by atoms with Crippen LogP contribution in [0.2, 0.25) is 0 Å². The van der Waals surface area contributed by atoms with E-state index in [0.29, 0.717) is 0 Å². The standard InChI is InChI=1S/C13H18N2OS/c1-10(14)13(12-4-3-6-16-12)15(2)8-11-5-7-17-9-11/h3-7,9-10,13H,8,14H2,1-2H3. The second-order valence-electron chi connectivity index (χ2n) is 4.37. The first kappa shape index (κ1) is 12.4. The van der Waals surface area contributed by atoms with Crippen LogP contribution >= 0.6 is 11.3 Å². The van der Waals surface area contributed by atoms with Crippen molar-refractivity contribution in [1.82, 2.24) is 4.90 Å². The molecule has 0 saturated carbocycles. The van der Waals surface area contributed by atoms with Crippen LogP contribution in [0, 0.1) is 0 Å². The van der Waals surface area contributed by atoms with Crippen LogP contribution in [-0.2, 0) is 6.54 Å². The minimum atomic E-state index is 0.0322. The summed E-state index contributed by atoms with van der Waals surface area (Å²) in [6.07, 6.45) is 1.70. The summed E-state index contributed by atoms with van der Waals surface area (Å²) >= 11 is 1.72. The van der Waals surface area contributed by atoms with Crippen LogP contribution in [0.1, 0.15) is 24.3 Å². The summed E-state index contributed by atoms with van der Waals surface area (Å²) in [6.45, 7) is 2.90. The predicted molar refractivity (Wildman–Crippen MR) is 70.9 cm³/mol. The Morgan fingerprint density at radius 1 is 1.47 bits per heavy atom. The molecule has 2 aromatic rings. The maximum absolute atomic E-state index is 6.06. The lowest BCUT2D eigenvalue weighted by atomic mass is 10.1. The van der Waals surface area contributed by atoms with Crippen LogP contribution in [0.25, 0.3) is 0 Å². The first-order chi connectivity index (χ1) is 8.18. The van der Waals surface area contributed by atoms with Crippen molar-refractivity contribution < 1.29 is 4.42 Å². The van der Waals surface area contributed by atoms with E-state index in [1.807, 2.05) is 19.1 Å². The van der Waals surface area contributed by atoms with Gasteiger partial charge in [0.25, 0.3) is 0 Å². The minimum Gasteiger partial charge on any atom is -0.468 e. The Bertz CT molecular complexity index is 422. The highest BCUT2D eigenvalue weighted by Crippen LogP contribution is 2.24. The van der Waals surface area contributed by atoms with Gasteiger partial charge < -0.3 is 10.2 Å². The molecule has 0 aliphatic carbocycles. The zero-order chi connectivity index (χ0) is 12.3. The molecule has 0 saturated heterocycles. The Labute approximate surface area is 106 Å². The molecule has 0 aliphatic rings. The van der Waals surface area contributed by atoms with E-state index in [9.17, 15) is 0 Å². The van der Waals surface area contributed by atoms with Crippen molar-refractivity contribution in [2.24, 2.45) is 5.73 Å². The number of furan rings is 1. The van der Waals surface area contributed by atoms with E-state index in [2.05, 4.69) is 28.8 Å². The zero-order valence-corrected chi connectivity index (χ0v) is 11.0. The smallest absolute Gasteiger partial charge is 0.122 e. The molecule has 0 spiro atoms. The van der Waals surface area contributed by atoms with E-state index in [1.54, 1.807) is 17.6 Å². The van der Waals surface area contributed by atoms with Crippen molar-refractivity contribution in [3.8, 4) is 0 Å². The van der Waals surface area contributed by atoms with Crippen LogP contribution in [0.4, 0.5) is 0 Å². The van der Waals surface area contributed by atoms with E-state index in [0.717, 1.165) is 12.3 Å². The minimum absolute atomic E-state index is 0.0322. The molecule has 2 aromatic heterocycles. The molecule has 0 radical (unpaired) electrons. The van der Waals surface area contributed by atoms with Gasteiger partial charge in [0.2, 0.25) is 0 Å². The lowest BCUT2D eigenvalue weighted by Gasteiger charge is -2.29. The second kappa shape index (κ2) is 5.49. The van der Waals surface area contributed by atoms with Gasteiger partial charge in [0.15, 0.2) is 0 Å². The van der Waals surface area contributed by atoms with E-state index < -0.39 is 0 Å². The van der Waals surface area contributed by atoms with Crippen LogP contribution in [0.5, 0.6) is 0 Å². The van der Waals surface area contributed by atoms with Crippen molar-refractivity contribution in [1.29, 1.82) is 0 Å². The van der Waals surface area contributed by atoms with Crippen molar-refractivity contribution in [2.75, 3.05) is 7.05 Å². The number of hydrogen-bond acceptors (Lipinski definition) is 4. The van der Waals surface area contributed by atoms with Crippen LogP contribution in [0.3, 0.4) is 0 Å². The molecule has 92 valence electrons. The molecule has 4 heteroatoms. The van der Waals surface area contributed by atoms with Gasteiger partial charge in [-0.25, -0.2) is 0 Å². The molecule has 0 aliphatic heterocycles. The third kappa shape index (κ3) is 2.97. The van der Waals surface area contributed by atoms with Gasteiger partial charge in [0, 0.05) is 12.6 Å². The lowest BCUT2D eigenvalue weighted by molar-refractivity contribution is 0.184. The van der Waals surface area contributed by atoms with Crippen LogP contribution in [0.15, 0.2) is 39.6 Å². The highest BCUT2D eigenvalue weighted by Gasteiger charge is 2.23. The molecular formula is C13H18N2OS. The number of hydrogen-bond donors (Lipinski definition) is 1. The van der Waals surface area contributed by atoms with Crippen molar-refractivity contribution in [3.63, 3.8) is 0 Å². The maximum Gasteiger partial charge on any atom is 0.122 e. The van der Waals surface area contributed by atoms with Crippen molar-refractivity contribution in [2.45, 2.75) is 25.6 Å². The Hall–Kier alpha value is -1.10. The second-order valence-corrected chi connectivity index (χ2v) is 5.15.